The summed E-state index contributed by atoms with van der Waals surface area (Å²) in [7, 11) is -3.53. The summed E-state index contributed by atoms with van der Waals surface area (Å²) < 4.78 is 32.5. The Bertz CT molecular complexity index is 590. The van der Waals surface area contributed by atoms with Gasteiger partial charge in [0.25, 0.3) is 0 Å². The van der Waals surface area contributed by atoms with Gasteiger partial charge in [-0.2, -0.15) is 4.31 Å². The van der Waals surface area contributed by atoms with Crippen LogP contribution in [0, 0.1) is 13.8 Å². The number of ether oxygens (including phenoxy) is 1. The Morgan fingerprint density at radius 3 is 2.55 bits per heavy atom. The minimum Gasteiger partial charge on any atom is -0.398 e. The molecule has 1 aliphatic heterocycles. The largest absolute Gasteiger partial charge is 0.398 e. The maximum Gasteiger partial charge on any atom is 0.243 e. The summed E-state index contributed by atoms with van der Waals surface area (Å²) in [5.41, 5.74) is 8.22. The number of nitrogens with zero attached hydrogens (tertiary/aromatic N) is 1. The number of morpholine rings is 1. The van der Waals surface area contributed by atoms with Gasteiger partial charge in [0.15, 0.2) is 0 Å². The number of rotatable bonds is 2. The Balaban J connectivity index is 2.44. The van der Waals surface area contributed by atoms with Gasteiger partial charge < -0.3 is 10.5 Å². The molecule has 0 spiro atoms. The molecule has 0 radical (unpaired) electrons. The molecule has 112 valence electrons. The summed E-state index contributed by atoms with van der Waals surface area (Å²) in [6.45, 7) is 8.28. The molecule has 1 aromatic carbocycles. The number of hydrogen-bond donors (Lipinski definition) is 1. The zero-order valence-electron chi connectivity index (χ0n) is 12.4. The van der Waals surface area contributed by atoms with Crippen molar-refractivity contribution in [3.05, 3.63) is 23.3 Å². The Labute approximate surface area is 120 Å². The second-order valence-electron chi connectivity index (χ2n) is 5.52. The molecule has 2 rings (SSSR count). The molecule has 2 unspecified atom stereocenters. The Morgan fingerprint density at radius 2 is 1.95 bits per heavy atom. The number of benzene rings is 1. The van der Waals surface area contributed by atoms with Crippen LogP contribution in [0.4, 0.5) is 5.69 Å². The van der Waals surface area contributed by atoms with Crippen molar-refractivity contribution in [3.63, 3.8) is 0 Å². The fourth-order valence-electron chi connectivity index (χ4n) is 2.34. The SMILES string of the molecule is Cc1cc(S(=O)(=O)N2CC(C)OCC2C)cc(N)c1C. The van der Waals surface area contributed by atoms with Crippen LogP contribution in [-0.2, 0) is 14.8 Å². The number of anilines is 1. The number of sulfonamides is 1. The third kappa shape index (κ3) is 2.68. The number of aryl methyl sites for hydroxylation is 1. The molecule has 1 heterocycles. The molecule has 20 heavy (non-hydrogen) atoms. The molecule has 0 aliphatic carbocycles. The molecule has 0 saturated carbocycles. The van der Waals surface area contributed by atoms with E-state index in [0.717, 1.165) is 11.1 Å². The van der Waals surface area contributed by atoms with Gasteiger partial charge in [-0.15, -0.1) is 0 Å². The van der Waals surface area contributed by atoms with Crippen molar-refractivity contribution in [1.29, 1.82) is 0 Å². The average molecular weight is 298 g/mol. The van der Waals surface area contributed by atoms with Crippen molar-refractivity contribution in [1.82, 2.24) is 4.31 Å². The van der Waals surface area contributed by atoms with Gasteiger partial charge in [0.1, 0.15) is 0 Å². The maximum absolute atomic E-state index is 12.8. The van der Waals surface area contributed by atoms with E-state index in [-0.39, 0.29) is 17.0 Å². The van der Waals surface area contributed by atoms with Crippen molar-refractivity contribution >= 4 is 15.7 Å². The van der Waals surface area contributed by atoms with E-state index >= 15 is 0 Å². The van der Waals surface area contributed by atoms with E-state index in [2.05, 4.69) is 0 Å². The monoisotopic (exact) mass is 298 g/mol. The van der Waals surface area contributed by atoms with E-state index in [1.807, 2.05) is 27.7 Å². The first kappa shape index (κ1) is 15.3. The topological polar surface area (TPSA) is 72.6 Å². The third-order valence-electron chi connectivity index (χ3n) is 3.84. The summed E-state index contributed by atoms with van der Waals surface area (Å²) >= 11 is 0. The highest BCUT2D eigenvalue weighted by atomic mass is 32.2. The van der Waals surface area contributed by atoms with Gasteiger partial charge in [0, 0.05) is 18.3 Å². The molecule has 2 N–H and O–H groups in total. The van der Waals surface area contributed by atoms with E-state index in [0.29, 0.717) is 18.8 Å². The summed E-state index contributed by atoms with van der Waals surface area (Å²) in [5.74, 6) is 0. The van der Waals surface area contributed by atoms with Gasteiger partial charge in [-0.25, -0.2) is 8.42 Å². The molecule has 1 aliphatic rings. The lowest BCUT2D eigenvalue weighted by Gasteiger charge is -2.35. The predicted molar refractivity (Wildman–Crippen MR) is 79.1 cm³/mol. The summed E-state index contributed by atoms with van der Waals surface area (Å²) in [6, 6.07) is 3.07. The van der Waals surface area contributed by atoms with Crippen LogP contribution in [0.3, 0.4) is 0 Å². The van der Waals surface area contributed by atoms with E-state index in [1.165, 1.54) is 4.31 Å². The van der Waals surface area contributed by atoms with E-state index in [4.69, 9.17) is 10.5 Å². The quantitative estimate of drug-likeness (QED) is 0.843. The Hall–Kier alpha value is -1.11. The van der Waals surface area contributed by atoms with Crippen LogP contribution in [0.1, 0.15) is 25.0 Å². The van der Waals surface area contributed by atoms with Gasteiger partial charge >= 0.3 is 0 Å². The fraction of sp³-hybridized carbons (Fsp3) is 0.571. The smallest absolute Gasteiger partial charge is 0.243 e. The first-order valence-electron chi connectivity index (χ1n) is 6.73. The standard InChI is InChI=1S/C14H22N2O3S/c1-9-5-13(6-14(15)12(9)4)20(17,18)16-7-11(3)19-8-10(16)2/h5-6,10-11H,7-8,15H2,1-4H3. The Kier molecular flexibility index (Phi) is 4.09. The first-order valence-corrected chi connectivity index (χ1v) is 8.17. The van der Waals surface area contributed by atoms with Crippen LogP contribution < -0.4 is 5.73 Å². The van der Waals surface area contributed by atoms with Crippen LogP contribution in [0.15, 0.2) is 17.0 Å². The highest BCUT2D eigenvalue weighted by molar-refractivity contribution is 7.89. The van der Waals surface area contributed by atoms with Crippen LogP contribution in [0.2, 0.25) is 0 Å². The van der Waals surface area contributed by atoms with Crippen molar-refractivity contribution < 1.29 is 13.2 Å². The number of hydrogen-bond acceptors (Lipinski definition) is 4. The van der Waals surface area contributed by atoms with Gasteiger partial charge in [-0.1, -0.05) is 0 Å². The molecule has 0 amide bonds. The number of nitrogen functional groups attached to an aromatic ring is 1. The van der Waals surface area contributed by atoms with E-state index in [1.54, 1.807) is 12.1 Å². The maximum atomic E-state index is 12.8. The highest BCUT2D eigenvalue weighted by Gasteiger charge is 2.34. The zero-order valence-corrected chi connectivity index (χ0v) is 13.2. The summed E-state index contributed by atoms with van der Waals surface area (Å²) in [4.78, 5) is 0.263. The van der Waals surface area contributed by atoms with Crippen LogP contribution in [0.25, 0.3) is 0 Å². The minimum atomic E-state index is -3.53. The van der Waals surface area contributed by atoms with E-state index in [9.17, 15) is 8.42 Å². The zero-order chi connectivity index (χ0) is 15.1. The Morgan fingerprint density at radius 1 is 1.30 bits per heavy atom. The van der Waals surface area contributed by atoms with Gasteiger partial charge in [-0.05, 0) is 51.0 Å². The van der Waals surface area contributed by atoms with Crippen molar-refractivity contribution in [2.24, 2.45) is 0 Å². The summed E-state index contributed by atoms with van der Waals surface area (Å²) in [5, 5.41) is 0. The van der Waals surface area contributed by atoms with Crippen molar-refractivity contribution in [2.75, 3.05) is 18.9 Å². The number of nitrogens with two attached hydrogens (primary N) is 1. The predicted octanol–water partition coefficient (Wildman–Crippen LogP) is 1.68. The third-order valence-corrected chi connectivity index (χ3v) is 5.80. The molecule has 0 bridgehead atoms. The fourth-order valence-corrected chi connectivity index (χ4v) is 4.16. The molecular weight excluding hydrogens is 276 g/mol. The molecule has 5 nitrogen and oxygen atoms in total. The van der Waals surface area contributed by atoms with Gasteiger partial charge in [0.2, 0.25) is 10.0 Å². The molecule has 6 heteroatoms. The molecule has 2 atom stereocenters. The van der Waals surface area contributed by atoms with Crippen LogP contribution in [0.5, 0.6) is 0 Å². The molecule has 1 aromatic rings. The highest BCUT2D eigenvalue weighted by Crippen LogP contribution is 2.27. The average Bonchev–Trinajstić information content (AvgIpc) is 2.38. The lowest BCUT2D eigenvalue weighted by atomic mass is 10.1. The van der Waals surface area contributed by atoms with E-state index < -0.39 is 10.0 Å². The minimum absolute atomic E-state index is 0.0927. The molecule has 1 fully saturated rings. The lowest BCUT2D eigenvalue weighted by molar-refractivity contribution is -0.0170. The van der Waals surface area contributed by atoms with Crippen molar-refractivity contribution in [3.8, 4) is 0 Å². The second kappa shape index (κ2) is 5.35. The summed E-state index contributed by atoms with van der Waals surface area (Å²) in [6.07, 6.45) is -0.0927. The van der Waals surface area contributed by atoms with Crippen LogP contribution >= 0.6 is 0 Å². The van der Waals surface area contributed by atoms with Gasteiger partial charge in [0.05, 0.1) is 17.6 Å². The molecular formula is C14H22N2O3S. The lowest BCUT2D eigenvalue weighted by Crippen LogP contribution is -2.50. The van der Waals surface area contributed by atoms with Crippen molar-refractivity contribution in [2.45, 2.75) is 44.7 Å². The second-order valence-corrected chi connectivity index (χ2v) is 7.41. The normalized spacial score (nSPS) is 24.8. The van der Waals surface area contributed by atoms with Crippen LogP contribution in [-0.4, -0.2) is 38.0 Å². The first-order chi connectivity index (χ1) is 9.23. The molecule has 0 aromatic heterocycles. The van der Waals surface area contributed by atoms with Gasteiger partial charge in [-0.3, -0.25) is 0 Å². The molecule has 1 saturated heterocycles.